The predicted molar refractivity (Wildman–Crippen MR) is 173 cm³/mol. The largest absolute Gasteiger partial charge is 0.334 e. The lowest BCUT2D eigenvalue weighted by atomic mass is 9.86. The van der Waals surface area contributed by atoms with E-state index in [9.17, 15) is 9.59 Å². The fraction of sp³-hybridized carbons (Fsp3) is 0.353. The predicted octanol–water partition coefficient (Wildman–Crippen LogP) is 5.19. The molecular weight excluding hydrogens is 538 g/mol. The molecule has 1 aliphatic rings. The number of benzene rings is 2. The van der Waals surface area contributed by atoms with Gasteiger partial charge in [-0.25, -0.2) is 0 Å². The number of pyridine rings is 1. The quantitative estimate of drug-likeness (QED) is 0.311. The fourth-order valence-corrected chi connectivity index (χ4v) is 5.23. The van der Waals surface area contributed by atoms with Gasteiger partial charge in [-0.3, -0.25) is 14.5 Å². The number of aromatic nitrogens is 3. The Labute approximate surface area is 253 Å². The van der Waals surface area contributed by atoms with Crippen molar-refractivity contribution in [3.63, 3.8) is 0 Å². The number of rotatable bonds is 7. The fourth-order valence-electron chi connectivity index (χ4n) is 5.23. The Hall–Kier alpha value is -4.34. The van der Waals surface area contributed by atoms with E-state index in [0.29, 0.717) is 22.8 Å². The minimum atomic E-state index is -0.173. The van der Waals surface area contributed by atoms with Gasteiger partial charge in [-0.1, -0.05) is 45.0 Å². The molecule has 4 aromatic rings. The molecule has 1 aliphatic heterocycles. The number of likely N-dealkylation sites (N-methyl/N-ethyl adjacent to an activating group) is 1. The molecule has 2 aromatic heterocycles. The maximum absolute atomic E-state index is 13.1. The van der Waals surface area contributed by atoms with Crippen LogP contribution in [0, 0.1) is 6.92 Å². The van der Waals surface area contributed by atoms with Crippen molar-refractivity contribution in [3.8, 4) is 11.1 Å². The number of hydrogen-bond acceptors (Lipinski definition) is 7. The molecule has 0 bridgehead atoms. The Morgan fingerprint density at radius 1 is 0.907 bits per heavy atom. The Kier molecular flexibility index (Phi) is 8.75. The Morgan fingerprint density at radius 2 is 1.63 bits per heavy atom. The zero-order valence-corrected chi connectivity index (χ0v) is 25.9. The van der Waals surface area contributed by atoms with Gasteiger partial charge in [-0.2, -0.15) is 5.10 Å². The third-order valence-corrected chi connectivity index (χ3v) is 8.05. The maximum Gasteiger partial charge on any atom is 0.274 e. The van der Waals surface area contributed by atoms with Gasteiger partial charge in [0, 0.05) is 62.8 Å². The minimum absolute atomic E-state index is 0.0179. The first-order valence-corrected chi connectivity index (χ1v) is 14.7. The van der Waals surface area contributed by atoms with Crippen molar-refractivity contribution in [2.75, 3.05) is 43.9 Å². The van der Waals surface area contributed by atoms with Gasteiger partial charge in [-0.15, -0.1) is 5.10 Å². The first-order chi connectivity index (χ1) is 20.5. The first kappa shape index (κ1) is 30.1. The number of piperazine rings is 1. The molecule has 1 amide bonds. The molecule has 2 N–H and O–H groups in total. The van der Waals surface area contributed by atoms with Crippen LogP contribution < -0.4 is 16.2 Å². The van der Waals surface area contributed by atoms with Crippen LogP contribution in [0.4, 0.5) is 17.2 Å². The number of amides is 1. The lowest BCUT2D eigenvalue weighted by Gasteiger charge is -2.31. The van der Waals surface area contributed by atoms with Crippen molar-refractivity contribution in [2.24, 2.45) is 7.05 Å². The van der Waals surface area contributed by atoms with E-state index in [0.717, 1.165) is 55.1 Å². The molecule has 9 heteroatoms. The van der Waals surface area contributed by atoms with Crippen LogP contribution >= 0.6 is 0 Å². The second-order valence-corrected chi connectivity index (χ2v) is 12.4. The van der Waals surface area contributed by atoms with Gasteiger partial charge >= 0.3 is 0 Å². The van der Waals surface area contributed by atoms with Crippen LogP contribution in [0.15, 0.2) is 71.7 Å². The van der Waals surface area contributed by atoms with Crippen molar-refractivity contribution < 1.29 is 4.79 Å². The summed E-state index contributed by atoms with van der Waals surface area (Å²) in [4.78, 5) is 30.8. The van der Waals surface area contributed by atoms with Crippen molar-refractivity contribution in [1.82, 2.24) is 24.6 Å². The summed E-state index contributed by atoms with van der Waals surface area (Å²) in [6.07, 6.45) is 1.80. The molecule has 1 saturated heterocycles. The van der Waals surface area contributed by atoms with E-state index in [-0.39, 0.29) is 16.9 Å². The number of aryl methyl sites for hydroxylation is 1. The van der Waals surface area contributed by atoms with Crippen LogP contribution in [0.25, 0.3) is 11.1 Å². The molecule has 9 nitrogen and oxygen atoms in total. The monoisotopic (exact) mass is 579 g/mol. The summed E-state index contributed by atoms with van der Waals surface area (Å²) >= 11 is 0. The highest BCUT2D eigenvalue weighted by molar-refractivity contribution is 6.05. The molecule has 1 fully saturated rings. The second kappa shape index (κ2) is 12.5. The molecular formula is C34H41N7O2. The van der Waals surface area contributed by atoms with E-state index in [1.54, 1.807) is 17.8 Å². The van der Waals surface area contributed by atoms with Crippen LogP contribution in [-0.4, -0.2) is 63.7 Å². The van der Waals surface area contributed by atoms with Gasteiger partial charge in [0.2, 0.25) is 0 Å². The number of nitrogens with one attached hydrogen (secondary N) is 2. The molecule has 2 aromatic carbocycles. The van der Waals surface area contributed by atoms with Gasteiger partial charge in [0.25, 0.3) is 11.5 Å². The van der Waals surface area contributed by atoms with E-state index in [4.69, 9.17) is 0 Å². The first-order valence-electron chi connectivity index (χ1n) is 14.7. The Balaban J connectivity index is 1.33. The molecule has 43 heavy (non-hydrogen) atoms. The highest BCUT2D eigenvalue weighted by Gasteiger charge is 2.17. The summed E-state index contributed by atoms with van der Waals surface area (Å²) in [7, 11) is 3.87. The molecule has 0 saturated carbocycles. The number of hydrogen-bond donors (Lipinski definition) is 2. The summed E-state index contributed by atoms with van der Waals surface area (Å²) in [6, 6.07) is 19.1. The molecule has 3 heterocycles. The zero-order chi connectivity index (χ0) is 30.7. The Bertz CT molecular complexity index is 1650. The number of nitrogens with zero attached hydrogens (tertiary/aromatic N) is 5. The van der Waals surface area contributed by atoms with E-state index >= 15 is 0 Å². The highest BCUT2D eigenvalue weighted by Crippen LogP contribution is 2.30. The normalized spacial score (nSPS) is 14.5. The van der Waals surface area contributed by atoms with Crippen molar-refractivity contribution >= 4 is 23.1 Å². The average Bonchev–Trinajstić information content (AvgIpc) is 2.98. The zero-order valence-electron chi connectivity index (χ0n) is 25.9. The summed E-state index contributed by atoms with van der Waals surface area (Å²) in [5.41, 5.74) is 6.28. The third-order valence-electron chi connectivity index (χ3n) is 8.05. The summed E-state index contributed by atoms with van der Waals surface area (Å²) < 4.78 is 1.55. The molecule has 0 spiro atoms. The SMILES string of the molecule is Cc1c(NC(=O)c2ccc(C(C)(C)C)cc2)cccc1-c1cc(Nc2ccc(CN3CCN(C)CC3)nn2)c(=O)n(C)c1. The molecule has 0 atom stereocenters. The second-order valence-electron chi connectivity index (χ2n) is 12.4. The van der Waals surface area contributed by atoms with Crippen LogP contribution in [0.2, 0.25) is 0 Å². The standard InChI is InChI=1S/C34H41N7O2/c1-23-28(8-7-9-29(23)36-32(42)24-10-12-26(13-11-24)34(2,3)4)25-20-30(33(43)40(6)21-25)35-31-15-14-27(37-38-31)22-41-18-16-39(5)17-19-41/h7-15,20-21H,16-19,22H2,1-6H3,(H,35,38)(H,36,42). The summed E-state index contributed by atoms with van der Waals surface area (Å²) in [5, 5.41) is 15.0. The van der Waals surface area contributed by atoms with Crippen LogP contribution in [0.3, 0.4) is 0 Å². The molecule has 0 radical (unpaired) electrons. The number of carbonyl (C=O) groups excluding carboxylic acids is 1. The molecule has 5 rings (SSSR count). The van der Waals surface area contributed by atoms with Gasteiger partial charge in [0.15, 0.2) is 5.82 Å². The van der Waals surface area contributed by atoms with Gasteiger partial charge in [0.1, 0.15) is 5.69 Å². The van der Waals surface area contributed by atoms with E-state index in [1.807, 2.05) is 67.6 Å². The van der Waals surface area contributed by atoms with E-state index < -0.39 is 0 Å². The van der Waals surface area contributed by atoms with E-state index in [1.165, 1.54) is 5.56 Å². The third kappa shape index (κ3) is 7.18. The van der Waals surface area contributed by atoms with Crippen LogP contribution in [0.1, 0.15) is 48.0 Å². The molecule has 0 aliphatic carbocycles. The smallest absolute Gasteiger partial charge is 0.274 e. The van der Waals surface area contributed by atoms with Gasteiger partial charge < -0.3 is 20.1 Å². The lowest BCUT2D eigenvalue weighted by Crippen LogP contribution is -2.44. The van der Waals surface area contributed by atoms with Crippen molar-refractivity contribution in [2.45, 2.75) is 39.7 Å². The molecule has 224 valence electrons. The van der Waals surface area contributed by atoms with E-state index in [2.05, 4.69) is 58.4 Å². The lowest BCUT2D eigenvalue weighted by molar-refractivity contribution is 0.102. The van der Waals surface area contributed by atoms with Gasteiger partial charge in [-0.05, 0) is 72.5 Å². The van der Waals surface area contributed by atoms with Gasteiger partial charge in [0.05, 0.1) is 5.69 Å². The molecule has 0 unspecified atom stereocenters. The number of carbonyl (C=O) groups is 1. The number of anilines is 3. The summed E-state index contributed by atoms with van der Waals surface area (Å²) in [6.45, 7) is 13.3. The summed E-state index contributed by atoms with van der Waals surface area (Å²) in [5.74, 6) is 0.338. The van der Waals surface area contributed by atoms with Crippen molar-refractivity contribution in [1.29, 1.82) is 0 Å². The van der Waals surface area contributed by atoms with Crippen LogP contribution in [0.5, 0.6) is 0 Å². The Morgan fingerprint density at radius 3 is 2.28 bits per heavy atom. The topological polar surface area (TPSA) is 95.4 Å². The van der Waals surface area contributed by atoms with Crippen LogP contribution in [-0.2, 0) is 19.0 Å². The van der Waals surface area contributed by atoms with Crippen molar-refractivity contribution in [3.05, 3.63) is 99.6 Å². The minimum Gasteiger partial charge on any atom is -0.334 e. The highest BCUT2D eigenvalue weighted by atomic mass is 16.1. The average molecular weight is 580 g/mol. The maximum atomic E-state index is 13.1.